The van der Waals surface area contributed by atoms with Crippen LogP contribution in [0.15, 0.2) is 42.7 Å². The van der Waals surface area contributed by atoms with E-state index in [4.69, 9.17) is 4.74 Å². The van der Waals surface area contributed by atoms with Crippen molar-refractivity contribution in [3.05, 3.63) is 59.7 Å². The Morgan fingerprint density at radius 1 is 1.50 bits per heavy atom. The van der Waals surface area contributed by atoms with E-state index in [0.717, 1.165) is 24.1 Å². The second-order valence-electron chi connectivity index (χ2n) is 6.55. The number of aromatic nitrogens is 2. The topological polar surface area (TPSA) is 56.1 Å². The molecule has 5 nitrogen and oxygen atoms in total. The van der Waals surface area contributed by atoms with Crippen molar-refractivity contribution in [1.29, 1.82) is 0 Å². The molecule has 1 amide bonds. The quantitative estimate of drug-likeness (QED) is 0.807. The maximum Gasteiger partial charge on any atom is 0.244 e. The van der Waals surface area contributed by atoms with Gasteiger partial charge >= 0.3 is 0 Å². The van der Waals surface area contributed by atoms with Gasteiger partial charge < -0.3 is 10.1 Å². The van der Waals surface area contributed by atoms with Crippen LogP contribution in [0, 0.1) is 11.7 Å². The van der Waals surface area contributed by atoms with Crippen molar-refractivity contribution in [1.82, 2.24) is 15.1 Å². The Morgan fingerprint density at radius 3 is 3.08 bits per heavy atom. The van der Waals surface area contributed by atoms with E-state index in [0.29, 0.717) is 18.7 Å². The van der Waals surface area contributed by atoms with Gasteiger partial charge in [-0.25, -0.2) is 4.39 Å². The number of hydrogen-bond donors (Lipinski definition) is 1. The summed E-state index contributed by atoms with van der Waals surface area (Å²) in [5.41, 5.74) is 2.48. The van der Waals surface area contributed by atoms with Gasteiger partial charge in [0, 0.05) is 43.5 Å². The molecule has 2 heterocycles. The molecule has 2 atom stereocenters. The van der Waals surface area contributed by atoms with Crippen LogP contribution >= 0.6 is 0 Å². The molecular formula is C20H24FN3O2. The number of amides is 1. The van der Waals surface area contributed by atoms with E-state index in [2.05, 4.69) is 10.4 Å². The number of carbonyl (C=O) groups excluding carboxylic acids is 1. The van der Waals surface area contributed by atoms with E-state index in [9.17, 15) is 9.18 Å². The number of nitrogens with one attached hydrogen (secondary N) is 1. The Hall–Kier alpha value is -2.47. The van der Waals surface area contributed by atoms with Crippen molar-refractivity contribution < 1.29 is 13.9 Å². The highest BCUT2D eigenvalue weighted by Crippen LogP contribution is 2.33. The lowest BCUT2D eigenvalue weighted by molar-refractivity contribution is -0.116. The summed E-state index contributed by atoms with van der Waals surface area (Å²) in [6.07, 6.45) is 6.20. The van der Waals surface area contributed by atoms with Gasteiger partial charge in [0.1, 0.15) is 5.82 Å². The van der Waals surface area contributed by atoms with Crippen molar-refractivity contribution in [3.63, 3.8) is 0 Å². The van der Waals surface area contributed by atoms with Gasteiger partial charge in [0.25, 0.3) is 0 Å². The van der Waals surface area contributed by atoms with E-state index in [1.807, 2.05) is 24.0 Å². The third kappa shape index (κ3) is 4.38. The lowest BCUT2D eigenvalue weighted by Crippen LogP contribution is -2.29. The minimum atomic E-state index is -0.311. The number of carbonyl (C=O) groups is 1. The SMILES string of the molecule is CCn1cc([C@H]2OCC[C@@H]2CNC(=O)/C=C(\C)c2cccc(F)c2)cn1. The molecule has 0 unspecified atom stereocenters. The highest BCUT2D eigenvalue weighted by molar-refractivity contribution is 5.94. The predicted molar refractivity (Wildman–Crippen MR) is 97.8 cm³/mol. The highest BCUT2D eigenvalue weighted by Gasteiger charge is 2.30. The summed E-state index contributed by atoms with van der Waals surface area (Å²) in [4.78, 5) is 12.2. The first-order chi connectivity index (χ1) is 12.6. The van der Waals surface area contributed by atoms with Gasteiger partial charge in [0.15, 0.2) is 0 Å². The van der Waals surface area contributed by atoms with Crippen molar-refractivity contribution in [2.45, 2.75) is 32.9 Å². The Morgan fingerprint density at radius 2 is 2.35 bits per heavy atom. The van der Waals surface area contributed by atoms with Crippen molar-refractivity contribution in [3.8, 4) is 0 Å². The molecule has 26 heavy (non-hydrogen) atoms. The van der Waals surface area contributed by atoms with E-state index in [-0.39, 0.29) is 23.7 Å². The molecule has 0 aliphatic carbocycles. The van der Waals surface area contributed by atoms with Crippen LogP contribution in [0.4, 0.5) is 4.39 Å². The minimum absolute atomic E-state index is 0.0381. The molecule has 2 aromatic rings. The number of allylic oxidation sites excluding steroid dienone is 1. The number of ether oxygens (including phenoxy) is 1. The average molecular weight is 357 g/mol. The average Bonchev–Trinajstić information content (AvgIpc) is 3.28. The summed E-state index contributed by atoms with van der Waals surface area (Å²) in [6.45, 7) is 5.87. The summed E-state index contributed by atoms with van der Waals surface area (Å²) < 4.78 is 21.0. The summed E-state index contributed by atoms with van der Waals surface area (Å²) in [5, 5.41) is 7.24. The molecule has 3 rings (SSSR count). The fraction of sp³-hybridized carbons (Fsp3) is 0.400. The second-order valence-corrected chi connectivity index (χ2v) is 6.55. The number of aryl methyl sites for hydroxylation is 1. The van der Waals surface area contributed by atoms with Gasteiger partial charge in [-0.1, -0.05) is 12.1 Å². The van der Waals surface area contributed by atoms with Crippen LogP contribution in [-0.2, 0) is 16.1 Å². The van der Waals surface area contributed by atoms with Gasteiger partial charge in [0.2, 0.25) is 5.91 Å². The van der Waals surface area contributed by atoms with Gasteiger partial charge in [-0.3, -0.25) is 9.48 Å². The molecule has 1 fully saturated rings. The number of benzene rings is 1. The Bertz CT molecular complexity index is 800. The second kappa shape index (κ2) is 8.27. The summed E-state index contributed by atoms with van der Waals surface area (Å²) >= 11 is 0. The number of hydrogen-bond acceptors (Lipinski definition) is 3. The monoisotopic (exact) mass is 357 g/mol. The van der Waals surface area contributed by atoms with Gasteiger partial charge in [-0.2, -0.15) is 5.10 Å². The van der Waals surface area contributed by atoms with E-state index in [1.54, 1.807) is 19.1 Å². The molecule has 1 saturated heterocycles. The van der Waals surface area contributed by atoms with Crippen molar-refractivity contribution in [2.24, 2.45) is 5.92 Å². The third-order valence-electron chi connectivity index (χ3n) is 4.69. The standard InChI is InChI=1S/C20H24FN3O2/c1-3-24-13-17(12-23-24)20-16(7-8-26-20)11-22-19(25)9-14(2)15-5-4-6-18(21)10-15/h4-6,9-10,12-13,16,20H,3,7-8,11H2,1-2H3,(H,22,25)/b14-9+/t16-,20+/m1/s1. The van der Waals surface area contributed by atoms with Gasteiger partial charge in [-0.15, -0.1) is 0 Å². The molecule has 0 spiro atoms. The molecule has 1 aromatic carbocycles. The van der Waals surface area contributed by atoms with Crippen LogP contribution in [0.1, 0.15) is 37.5 Å². The van der Waals surface area contributed by atoms with E-state index in [1.165, 1.54) is 18.2 Å². The van der Waals surface area contributed by atoms with Crippen molar-refractivity contribution in [2.75, 3.05) is 13.2 Å². The van der Waals surface area contributed by atoms with Crippen LogP contribution in [-0.4, -0.2) is 28.8 Å². The van der Waals surface area contributed by atoms with Crippen LogP contribution in [0.3, 0.4) is 0 Å². The Labute approximate surface area is 152 Å². The molecular weight excluding hydrogens is 333 g/mol. The zero-order chi connectivity index (χ0) is 18.5. The van der Waals surface area contributed by atoms with Crippen LogP contribution < -0.4 is 5.32 Å². The van der Waals surface area contributed by atoms with E-state index >= 15 is 0 Å². The summed E-state index contributed by atoms with van der Waals surface area (Å²) in [6, 6.07) is 6.23. The first kappa shape index (κ1) is 18.3. The van der Waals surface area contributed by atoms with E-state index < -0.39 is 0 Å². The molecule has 1 aliphatic rings. The fourth-order valence-electron chi connectivity index (χ4n) is 3.21. The smallest absolute Gasteiger partial charge is 0.244 e. The summed E-state index contributed by atoms with van der Waals surface area (Å²) in [5.74, 6) is -0.271. The molecule has 1 aliphatic heterocycles. The molecule has 1 aromatic heterocycles. The van der Waals surface area contributed by atoms with Crippen LogP contribution in [0.2, 0.25) is 0 Å². The van der Waals surface area contributed by atoms with Gasteiger partial charge in [-0.05, 0) is 43.5 Å². The predicted octanol–water partition coefficient (Wildman–Crippen LogP) is 3.34. The van der Waals surface area contributed by atoms with Crippen molar-refractivity contribution >= 4 is 11.5 Å². The van der Waals surface area contributed by atoms with Gasteiger partial charge in [0.05, 0.1) is 12.3 Å². The number of nitrogens with zero attached hydrogens (tertiary/aromatic N) is 2. The maximum atomic E-state index is 13.3. The Balaban J connectivity index is 1.59. The van der Waals surface area contributed by atoms with Crippen LogP contribution in [0.5, 0.6) is 0 Å². The lowest BCUT2D eigenvalue weighted by Gasteiger charge is -2.17. The Kier molecular flexibility index (Phi) is 5.83. The maximum absolute atomic E-state index is 13.3. The lowest BCUT2D eigenvalue weighted by atomic mass is 9.97. The molecule has 0 bridgehead atoms. The molecule has 0 saturated carbocycles. The number of halogens is 1. The minimum Gasteiger partial charge on any atom is -0.373 e. The number of rotatable bonds is 6. The molecule has 138 valence electrons. The zero-order valence-corrected chi connectivity index (χ0v) is 15.1. The zero-order valence-electron chi connectivity index (χ0n) is 15.1. The largest absolute Gasteiger partial charge is 0.373 e. The highest BCUT2D eigenvalue weighted by atomic mass is 19.1. The summed E-state index contributed by atoms with van der Waals surface area (Å²) in [7, 11) is 0. The molecule has 0 radical (unpaired) electrons. The molecule has 6 heteroatoms. The normalized spacial score (nSPS) is 20.3. The third-order valence-corrected chi connectivity index (χ3v) is 4.69. The first-order valence-corrected chi connectivity index (χ1v) is 8.93. The fourth-order valence-corrected chi connectivity index (χ4v) is 3.21. The van der Waals surface area contributed by atoms with Crippen LogP contribution in [0.25, 0.3) is 5.57 Å². The molecule has 1 N–H and O–H groups in total. The first-order valence-electron chi connectivity index (χ1n) is 8.93.